The summed E-state index contributed by atoms with van der Waals surface area (Å²) in [6.45, 7) is 0. The summed E-state index contributed by atoms with van der Waals surface area (Å²) in [6, 6.07) is 0. The molecule has 3 aliphatic rings. The molecule has 1 unspecified atom stereocenters. The zero-order valence-corrected chi connectivity index (χ0v) is 7.41. The monoisotopic (exact) mass is 164 g/mol. The van der Waals surface area contributed by atoms with Crippen LogP contribution in [0.5, 0.6) is 0 Å². The Balaban J connectivity index is 1.82. The first-order valence-electron chi connectivity index (χ1n) is 5.34. The lowest BCUT2D eigenvalue weighted by Crippen LogP contribution is -2.15. The van der Waals surface area contributed by atoms with Gasteiger partial charge in [-0.15, -0.1) is 0 Å². The highest BCUT2D eigenvalue weighted by molar-refractivity contribution is 5.54. The predicted molar refractivity (Wildman–Crippen MR) is 46.6 cm³/mol. The Hall–Kier alpha value is -0.330. The Labute approximate surface area is 73.5 Å². The van der Waals surface area contributed by atoms with Gasteiger partial charge in [0.25, 0.3) is 0 Å². The number of rotatable bonds is 1. The molecule has 3 saturated carbocycles. The number of carbonyl (C=O) groups is 1. The van der Waals surface area contributed by atoms with Crippen molar-refractivity contribution in [2.45, 2.75) is 32.1 Å². The summed E-state index contributed by atoms with van der Waals surface area (Å²) in [5.41, 5.74) is 0. The van der Waals surface area contributed by atoms with E-state index < -0.39 is 0 Å². The van der Waals surface area contributed by atoms with Crippen LogP contribution in [-0.4, -0.2) is 6.29 Å². The summed E-state index contributed by atoms with van der Waals surface area (Å²) in [5, 5.41) is 0. The second kappa shape index (κ2) is 2.34. The minimum atomic E-state index is 0.434. The van der Waals surface area contributed by atoms with Crippen molar-refractivity contribution in [1.82, 2.24) is 0 Å². The second-order valence-electron chi connectivity index (χ2n) is 5.03. The first-order valence-corrected chi connectivity index (χ1v) is 5.34. The SMILES string of the molecule is O=CC1C[C@@H]2[C@@H]3CC[C@@H](C3)[C@@H]2C1. The maximum Gasteiger partial charge on any atom is 0.123 e. The van der Waals surface area contributed by atoms with Crippen LogP contribution in [-0.2, 0) is 4.79 Å². The van der Waals surface area contributed by atoms with Crippen molar-refractivity contribution in [3.63, 3.8) is 0 Å². The van der Waals surface area contributed by atoms with Gasteiger partial charge in [0, 0.05) is 5.92 Å². The van der Waals surface area contributed by atoms with E-state index in [9.17, 15) is 4.79 Å². The second-order valence-corrected chi connectivity index (χ2v) is 5.03. The lowest BCUT2D eigenvalue weighted by molar-refractivity contribution is -0.111. The number of aldehydes is 1. The Bertz CT molecular complexity index is 193. The summed E-state index contributed by atoms with van der Waals surface area (Å²) in [4.78, 5) is 10.7. The average molecular weight is 164 g/mol. The average Bonchev–Trinajstić information content (AvgIpc) is 2.75. The summed E-state index contributed by atoms with van der Waals surface area (Å²) < 4.78 is 0. The van der Waals surface area contributed by atoms with Gasteiger partial charge >= 0.3 is 0 Å². The molecule has 0 radical (unpaired) electrons. The van der Waals surface area contributed by atoms with Crippen LogP contribution < -0.4 is 0 Å². The van der Waals surface area contributed by atoms with Gasteiger partial charge in [-0.1, -0.05) is 0 Å². The number of hydrogen-bond acceptors (Lipinski definition) is 1. The van der Waals surface area contributed by atoms with Gasteiger partial charge in [-0.2, -0.15) is 0 Å². The molecule has 66 valence electrons. The Morgan fingerprint density at radius 1 is 0.917 bits per heavy atom. The van der Waals surface area contributed by atoms with Gasteiger partial charge in [-0.25, -0.2) is 0 Å². The van der Waals surface area contributed by atoms with Crippen LogP contribution in [0.25, 0.3) is 0 Å². The van der Waals surface area contributed by atoms with Crippen LogP contribution in [0.3, 0.4) is 0 Å². The minimum Gasteiger partial charge on any atom is -0.303 e. The zero-order chi connectivity index (χ0) is 8.13. The maximum absolute atomic E-state index is 10.7. The normalized spacial score (nSPS) is 55.8. The Morgan fingerprint density at radius 3 is 2.00 bits per heavy atom. The lowest BCUT2D eigenvalue weighted by atomic mass is 9.82. The minimum absolute atomic E-state index is 0.434. The van der Waals surface area contributed by atoms with E-state index in [-0.39, 0.29) is 0 Å². The predicted octanol–water partition coefficient (Wildman–Crippen LogP) is 2.26. The smallest absolute Gasteiger partial charge is 0.123 e. The molecule has 1 heteroatoms. The number of fused-ring (bicyclic) bond motifs is 5. The molecular weight excluding hydrogens is 148 g/mol. The molecular formula is C11H16O. The Morgan fingerprint density at radius 2 is 1.50 bits per heavy atom. The molecule has 3 aliphatic carbocycles. The summed E-state index contributed by atoms with van der Waals surface area (Å²) >= 11 is 0. The number of carbonyl (C=O) groups excluding carboxylic acids is 1. The molecule has 0 aliphatic heterocycles. The van der Waals surface area contributed by atoms with E-state index in [0.717, 1.165) is 23.7 Å². The molecule has 0 aromatic rings. The van der Waals surface area contributed by atoms with Gasteiger partial charge in [-0.05, 0) is 55.8 Å². The van der Waals surface area contributed by atoms with E-state index in [2.05, 4.69) is 0 Å². The Kier molecular flexibility index (Phi) is 1.38. The fourth-order valence-electron chi connectivity index (χ4n) is 4.17. The molecule has 1 nitrogen and oxygen atoms in total. The van der Waals surface area contributed by atoms with Crippen molar-refractivity contribution in [2.75, 3.05) is 0 Å². The van der Waals surface area contributed by atoms with Crippen molar-refractivity contribution >= 4 is 6.29 Å². The van der Waals surface area contributed by atoms with E-state index >= 15 is 0 Å². The van der Waals surface area contributed by atoms with Gasteiger partial charge in [-0.3, -0.25) is 0 Å². The van der Waals surface area contributed by atoms with Crippen molar-refractivity contribution < 1.29 is 4.79 Å². The molecule has 0 aromatic heterocycles. The van der Waals surface area contributed by atoms with Crippen LogP contribution in [0.1, 0.15) is 32.1 Å². The molecule has 3 fully saturated rings. The summed E-state index contributed by atoms with van der Waals surface area (Å²) in [7, 11) is 0. The molecule has 12 heavy (non-hydrogen) atoms. The van der Waals surface area contributed by atoms with Crippen molar-refractivity contribution in [3.05, 3.63) is 0 Å². The van der Waals surface area contributed by atoms with E-state index in [0.29, 0.717) is 5.92 Å². The number of hydrogen-bond donors (Lipinski definition) is 0. The zero-order valence-electron chi connectivity index (χ0n) is 7.41. The van der Waals surface area contributed by atoms with Crippen molar-refractivity contribution in [1.29, 1.82) is 0 Å². The first kappa shape index (κ1) is 7.11. The molecule has 0 spiro atoms. The molecule has 3 rings (SSSR count). The molecule has 0 amide bonds. The standard InChI is InChI=1S/C11H16O/c12-6-7-3-10-8-1-2-9(5-8)11(10)4-7/h6-11H,1-5H2/t7?,8-,9+,10-,11+. The first-order chi connectivity index (χ1) is 5.88. The van der Waals surface area contributed by atoms with Crippen LogP contribution in [0.15, 0.2) is 0 Å². The third-order valence-electron chi connectivity index (χ3n) is 4.62. The van der Waals surface area contributed by atoms with Crippen molar-refractivity contribution in [2.24, 2.45) is 29.6 Å². The highest BCUT2D eigenvalue weighted by Crippen LogP contribution is 2.59. The lowest BCUT2D eigenvalue weighted by Gasteiger charge is -2.23. The summed E-state index contributed by atoms with van der Waals surface area (Å²) in [5.74, 6) is 4.39. The van der Waals surface area contributed by atoms with Gasteiger partial charge in [0.15, 0.2) is 0 Å². The van der Waals surface area contributed by atoms with E-state index in [1.807, 2.05) is 0 Å². The van der Waals surface area contributed by atoms with Crippen LogP contribution in [0, 0.1) is 29.6 Å². The summed E-state index contributed by atoms with van der Waals surface area (Å²) in [6.07, 6.45) is 8.11. The van der Waals surface area contributed by atoms with E-state index in [1.54, 1.807) is 0 Å². The van der Waals surface area contributed by atoms with Crippen LogP contribution in [0.4, 0.5) is 0 Å². The topological polar surface area (TPSA) is 17.1 Å². The van der Waals surface area contributed by atoms with E-state index in [1.165, 1.54) is 38.4 Å². The maximum atomic E-state index is 10.7. The largest absolute Gasteiger partial charge is 0.303 e. The fraction of sp³-hybridized carbons (Fsp3) is 0.909. The third-order valence-corrected chi connectivity index (χ3v) is 4.62. The highest BCUT2D eigenvalue weighted by Gasteiger charge is 2.51. The molecule has 0 N–H and O–H groups in total. The quantitative estimate of drug-likeness (QED) is 0.543. The van der Waals surface area contributed by atoms with Crippen LogP contribution in [0.2, 0.25) is 0 Å². The highest BCUT2D eigenvalue weighted by atomic mass is 16.1. The molecule has 0 saturated heterocycles. The van der Waals surface area contributed by atoms with Gasteiger partial charge in [0.2, 0.25) is 0 Å². The third kappa shape index (κ3) is 0.773. The molecule has 2 bridgehead atoms. The van der Waals surface area contributed by atoms with Gasteiger partial charge < -0.3 is 4.79 Å². The molecule has 5 atom stereocenters. The van der Waals surface area contributed by atoms with Crippen LogP contribution >= 0.6 is 0 Å². The van der Waals surface area contributed by atoms with Gasteiger partial charge in [0.05, 0.1) is 0 Å². The van der Waals surface area contributed by atoms with Gasteiger partial charge in [0.1, 0.15) is 6.29 Å². The molecule has 0 heterocycles. The molecule has 0 aromatic carbocycles. The fourth-order valence-corrected chi connectivity index (χ4v) is 4.17. The van der Waals surface area contributed by atoms with E-state index in [4.69, 9.17) is 0 Å². The van der Waals surface area contributed by atoms with Crippen molar-refractivity contribution in [3.8, 4) is 0 Å².